The minimum absolute atomic E-state index is 0.0140. The van der Waals surface area contributed by atoms with Crippen LogP contribution in [0.3, 0.4) is 0 Å². The van der Waals surface area contributed by atoms with Crippen LogP contribution in [-0.2, 0) is 17.9 Å². The first-order valence-corrected chi connectivity index (χ1v) is 8.19. The molecule has 4 nitrogen and oxygen atoms in total. The van der Waals surface area contributed by atoms with Crippen LogP contribution < -0.4 is 10.2 Å². The molecule has 2 N–H and O–H groups in total. The summed E-state index contributed by atoms with van der Waals surface area (Å²) in [5, 5.41) is 13.2. The van der Waals surface area contributed by atoms with Crippen molar-refractivity contribution in [2.24, 2.45) is 0 Å². The highest BCUT2D eigenvalue weighted by Crippen LogP contribution is 2.24. The fourth-order valence-electron chi connectivity index (χ4n) is 2.65. The highest BCUT2D eigenvalue weighted by atomic mass is 35.5. The summed E-state index contributed by atoms with van der Waals surface area (Å²) in [6.07, 6.45) is 0. The molecule has 0 unspecified atom stereocenters. The van der Waals surface area contributed by atoms with Gasteiger partial charge in [-0.25, -0.2) is 0 Å². The van der Waals surface area contributed by atoms with E-state index < -0.39 is 0 Å². The minimum Gasteiger partial charge on any atom is -0.392 e. The number of hydrogen-bond acceptors (Lipinski definition) is 4. The van der Waals surface area contributed by atoms with Gasteiger partial charge in [-0.2, -0.15) is 0 Å². The SMILES string of the molecule is OCc1ccc(Cl)c(NCc2ccc(N3CCOCC3)cc2)c1. The molecule has 122 valence electrons. The molecule has 0 aliphatic carbocycles. The number of morpholine rings is 1. The number of nitrogens with one attached hydrogen (secondary N) is 1. The van der Waals surface area contributed by atoms with Crippen LogP contribution in [0.25, 0.3) is 0 Å². The van der Waals surface area contributed by atoms with Crippen molar-refractivity contribution in [3.63, 3.8) is 0 Å². The van der Waals surface area contributed by atoms with E-state index in [1.807, 2.05) is 12.1 Å². The number of ether oxygens (including phenoxy) is 1. The largest absolute Gasteiger partial charge is 0.392 e. The van der Waals surface area contributed by atoms with Crippen LogP contribution in [0.15, 0.2) is 42.5 Å². The first kappa shape index (κ1) is 16.1. The van der Waals surface area contributed by atoms with Gasteiger partial charge >= 0.3 is 0 Å². The molecule has 0 radical (unpaired) electrons. The number of aliphatic hydroxyl groups excluding tert-OH is 1. The summed E-state index contributed by atoms with van der Waals surface area (Å²) < 4.78 is 5.38. The molecular weight excluding hydrogens is 312 g/mol. The van der Waals surface area contributed by atoms with Crippen molar-refractivity contribution in [2.75, 3.05) is 36.5 Å². The van der Waals surface area contributed by atoms with Crippen LogP contribution in [-0.4, -0.2) is 31.4 Å². The van der Waals surface area contributed by atoms with Crippen LogP contribution in [0.4, 0.5) is 11.4 Å². The van der Waals surface area contributed by atoms with Crippen molar-refractivity contribution in [3.8, 4) is 0 Å². The number of benzene rings is 2. The van der Waals surface area contributed by atoms with Crippen molar-refractivity contribution in [2.45, 2.75) is 13.2 Å². The lowest BCUT2D eigenvalue weighted by Crippen LogP contribution is -2.36. The predicted octanol–water partition coefficient (Wildman–Crippen LogP) is 3.28. The number of halogens is 1. The Hall–Kier alpha value is -1.75. The second kappa shape index (κ2) is 7.68. The third kappa shape index (κ3) is 4.16. The van der Waals surface area contributed by atoms with E-state index in [0.29, 0.717) is 11.6 Å². The highest BCUT2D eigenvalue weighted by Gasteiger charge is 2.10. The number of aliphatic hydroxyl groups is 1. The molecule has 0 bridgehead atoms. The van der Waals surface area contributed by atoms with Gasteiger partial charge in [-0.3, -0.25) is 0 Å². The molecule has 2 aromatic carbocycles. The Balaban J connectivity index is 1.62. The third-order valence-corrected chi connectivity index (χ3v) is 4.34. The molecule has 0 saturated carbocycles. The van der Waals surface area contributed by atoms with Crippen molar-refractivity contribution in [3.05, 3.63) is 58.6 Å². The number of rotatable bonds is 5. The molecule has 1 heterocycles. The van der Waals surface area contributed by atoms with E-state index in [0.717, 1.165) is 37.6 Å². The van der Waals surface area contributed by atoms with Crippen LogP contribution in [0.1, 0.15) is 11.1 Å². The molecular formula is C18H21ClN2O2. The normalized spacial score (nSPS) is 14.8. The van der Waals surface area contributed by atoms with E-state index in [2.05, 4.69) is 34.5 Å². The quantitative estimate of drug-likeness (QED) is 0.882. The average Bonchev–Trinajstić information content (AvgIpc) is 2.62. The summed E-state index contributed by atoms with van der Waals surface area (Å²) in [5.74, 6) is 0. The fraction of sp³-hybridized carbons (Fsp3) is 0.333. The molecule has 0 atom stereocenters. The van der Waals surface area contributed by atoms with E-state index >= 15 is 0 Å². The second-order valence-corrected chi connectivity index (χ2v) is 6.00. The van der Waals surface area contributed by atoms with Gasteiger partial charge in [-0.05, 0) is 35.4 Å². The van der Waals surface area contributed by atoms with Crippen LogP contribution in [0, 0.1) is 0 Å². The molecule has 1 fully saturated rings. The molecule has 0 amide bonds. The van der Waals surface area contributed by atoms with Gasteiger partial charge < -0.3 is 20.1 Å². The summed E-state index contributed by atoms with van der Waals surface area (Å²) in [6, 6.07) is 14.1. The minimum atomic E-state index is 0.0140. The van der Waals surface area contributed by atoms with Gasteiger partial charge in [0.05, 0.1) is 30.5 Å². The average molecular weight is 333 g/mol. The monoisotopic (exact) mass is 332 g/mol. The first-order chi connectivity index (χ1) is 11.3. The lowest BCUT2D eigenvalue weighted by molar-refractivity contribution is 0.122. The van der Waals surface area contributed by atoms with Gasteiger partial charge in [0.15, 0.2) is 0 Å². The summed E-state index contributed by atoms with van der Waals surface area (Å²) in [4.78, 5) is 2.34. The lowest BCUT2D eigenvalue weighted by Gasteiger charge is -2.28. The Morgan fingerprint density at radius 3 is 2.43 bits per heavy atom. The van der Waals surface area contributed by atoms with E-state index in [1.54, 1.807) is 6.07 Å². The van der Waals surface area contributed by atoms with E-state index in [4.69, 9.17) is 16.3 Å². The lowest BCUT2D eigenvalue weighted by atomic mass is 10.1. The topological polar surface area (TPSA) is 44.7 Å². The Labute approximate surface area is 141 Å². The van der Waals surface area contributed by atoms with Gasteiger partial charge in [-0.15, -0.1) is 0 Å². The van der Waals surface area contributed by atoms with Gasteiger partial charge in [0, 0.05) is 25.3 Å². The molecule has 1 aliphatic rings. The zero-order chi connectivity index (χ0) is 16.1. The van der Waals surface area contributed by atoms with Gasteiger partial charge in [0.25, 0.3) is 0 Å². The smallest absolute Gasteiger partial charge is 0.0682 e. The van der Waals surface area contributed by atoms with E-state index in [9.17, 15) is 5.11 Å². The Morgan fingerprint density at radius 2 is 1.74 bits per heavy atom. The number of nitrogens with zero attached hydrogens (tertiary/aromatic N) is 1. The fourth-order valence-corrected chi connectivity index (χ4v) is 2.83. The molecule has 23 heavy (non-hydrogen) atoms. The van der Waals surface area contributed by atoms with Crippen molar-refractivity contribution >= 4 is 23.0 Å². The van der Waals surface area contributed by atoms with Crippen LogP contribution >= 0.6 is 11.6 Å². The Kier molecular flexibility index (Phi) is 5.39. The van der Waals surface area contributed by atoms with Gasteiger partial charge in [-0.1, -0.05) is 29.8 Å². The summed E-state index contributed by atoms with van der Waals surface area (Å²) in [5.41, 5.74) is 4.11. The first-order valence-electron chi connectivity index (χ1n) is 7.81. The summed E-state index contributed by atoms with van der Waals surface area (Å²) in [7, 11) is 0. The molecule has 2 aromatic rings. The maximum absolute atomic E-state index is 9.21. The molecule has 0 aromatic heterocycles. The highest BCUT2D eigenvalue weighted by molar-refractivity contribution is 6.33. The molecule has 3 rings (SSSR count). The van der Waals surface area contributed by atoms with E-state index in [1.165, 1.54) is 11.3 Å². The standard InChI is InChI=1S/C18H21ClN2O2/c19-17-6-3-15(13-22)11-18(17)20-12-14-1-4-16(5-2-14)21-7-9-23-10-8-21/h1-6,11,20,22H,7-10,12-13H2. The molecule has 0 spiro atoms. The van der Waals surface area contributed by atoms with E-state index in [-0.39, 0.29) is 6.61 Å². The summed E-state index contributed by atoms with van der Waals surface area (Å²) >= 11 is 6.18. The Bertz CT molecular complexity index is 640. The van der Waals surface area contributed by atoms with Crippen molar-refractivity contribution < 1.29 is 9.84 Å². The van der Waals surface area contributed by atoms with Crippen LogP contribution in [0.2, 0.25) is 5.02 Å². The maximum atomic E-state index is 9.21. The zero-order valence-corrected chi connectivity index (χ0v) is 13.7. The number of hydrogen-bond donors (Lipinski definition) is 2. The van der Waals surface area contributed by atoms with Crippen molar-refractivity contribution in [1.82, 2.24) is 0 Å². The predicted molar refractivity (Wildman–Crippen MR) is 94.2 cm³/mol. The maximum Gasteiger partial charge on any atom is 0.0682 e. The Morgan fingerprint density at radius 1 is 1.04 bits per heavy atom. The molecule has 1 saturated heterocycles. The zero-order valence-electron chi connectivity index (χ0n) is 13.0. The second-order valence-electron chi connectivity index (χ2n) is 5.59. The van der Waals surface area contributed by atoms with Gasteiger partial charge in [0.2, 0.25) is 0 Å². The van der Waals surface area contributed by atoms with Gasteiger partial charge in [0.1, 0.15) is 0 Å². The number of anilines is 2. The molecule has 5 heteroatoms. The van der Waals surface area contributed by atoms with Crippen LogP contribution in [0.5, 0.6) is 0 Å². The molecule has 1 aliphatic heterocycles. The third-order valence-electron chi connectivity index (χ3n) is 4.01. The van der Waals surface area contributed by atoms with Crippen molar-refractivity contribution in [1.29, 1.82) is 0 Å². The summed E-state index contributed by atoms with van der Waals surface area (Å²) in [6.45, 7) is 4.19.